The average molecular weight is 484 g/mol. The second-order valence-electron chi connectivity index (χ2n) is 7.68. The van der Waals surface area contributed by atoms with Gasteiger partial charge in [0.2, 0.25) is 5.95 Å². The number of aliphatic hydroxyl groups is 1. The molecule has 1 amide bonds. The number of halogens is 2. The molecule has 1 aromatic carbocycles. The van der Waals surface area contributed by atoms with E-state index in [1.807, 2.05) is 6.92 Å². The molecule has 0 saturated carbocycles. The standard InChI is InChI=1S/C24H23ClFN5O3/c1-3-24(10-5-4-6-20(24)32)30-22(33)15-9-11-31(14-15)21-19(34-2)13-27-23(29-21)28-18-8-7-16(26)12-17(18)25/h4-14,20,32H,3H2,1-2H3,(H,30,33)(H,27,28,29). The average Bonchev–Trinajstić information content (AvgIpc) is 3.33. The van der Waals surface area contributed by atoms with E-state index in [1.165, 1.54) is 31.5 Å². The van der Waals surface area contributed by atoms with E-state index in [1.54, 1.807) is 47.3 Å². The Kier molecular flexibility index (Phi) is 6.67. The molecule has 3 aromatic rings. The molecule has 34 heavy (non-hydrogen) atoms. The van der Waals surface area contributed by atoms with Crippen LogP contribution in [0.1, 0.15) is 23.7 Å². The van der Waals surface area contributed by atoms with Gasteiger partial charge in [-0.3, -0.25) is 4.79 Å². The molecule has 4 rings (SSSR count). The first-order valence-corrected chi connectivity index (χ1v) is 10.9. The summed E-state index contributed by atoms with van der Waals surface area (Å²) in [6.07, 6.45) is 11.4. The number of aliphatic hydroxyl groups excluding tert-OH is 1. The number of hydrogen-bond donors (Lipinski definition) is 3. The van der Waals surface area contributed by atoms with Gasteiger partial charge in [-0.25, -0.2) is 9.37 Å². The number of hydrogen-bond acceptors (Lipinski definition) is 6. The summed E-state index contributed by atoms with van der Waals surface area (Å²) in [5.74, 6) is 0.157. The van der Waals surface area contributed by atoms with E-state index in [9.17, 15) is 14.3 Å². The summed E-state index contributed by atoms with van der Waals surface area (Å²) in [5, 5.41) is 16.5. The van der Waals surface area contributed by atoms with Gasteiger partial charge in [-0.05, 0) is 30.7 Å². The maximum absolute atomic E-state index is 13.3. The third-order valence-corrected chi connectivity index (χ3v) is 5.90. The van der Waals surface area contributed by atoms with E-state index in [0.717, 1.165) is 0 Å². The molecule has 2 atom stereocenters. The molecule has 176 valence electrons. The van der Waals surface area contributed by atoms with Gasteiger partial charge < -0.3 is 25.0 Å². The molecule has 0 saturated heterocycles. The van der Waals surface area contributed by atoms with E-state index in [0.29, 0.717) is 29.2 Å². The third kappa shape index (κ3) is 4.66. The Morgan fingerprint density at radius 3 is 2.88 bits per heavy atom. The number of benzene rings is 1. The van der Waals surface area contributed by atoms with E-state index in [-0.39, 0.29) is 16.9 Å². The summed E-state index contributed by atoms with van der Waals surface area (Å²) in [7, 11) is 1.48. The second-order valence-corrected chi connectivity index (χ2v) is 8.09. The zero-order valence-corrected chi connectivity index (χ0v) is 19.3. The van der Waals surface area contributed by atoms with Gasteiger partial charge in [-0.1, -0.05) is 42.8 Å². The van der Waals surface area contributed by atoms with Gasteiger partial charge in [0.1, 0.15) is 5.82 Å². The number of methoxy groups -OCH3 is 1. The first-order valence-electron chi connectivity index (χ1n) is 10.5. The fourth-order valence-corrected chi connectivity index (χ4v) is 3.82. The largest absolute Gasteiger partial charge is 0.491 e. The SMILES string of the molecule is CCC1(NC(=O)c2ccn(-c3nc(Nc4ccc(F)cc4Cl)ncc3OC)c2)C=CC=CC1O. The lowest BCUT2D eigenvalue weighted by molar-refractivity contribution is 0.0789. The number of carbonyl (C=O) groups is 1. The molecule has 0 radical (unpaired) electrons. The van der Waals surface area contributed by atoms with Crippen molar-refractivity contribution in [1.82, 2.24) is 19.9 Å². The van der Waals surface area contributed by atoms with Crippen LogP contribution in [0, 0.1) is 5.82 Å². The highest BCUT2D eigenvalue weighted by Crippen LogP contribution is 2.28. The second kappa shape index (κ2) is 9.66. The first kappa shape index (κ1) is 23.5. The molecule has 0 spiro atoms. The Morgan fingerprint density at radius 2 is 2.18 bits per heavy atom. The Hall–Kier alpha value is -3.69. The number of aromatic nitrogens is 3. The summed E-state index contributed by atoms with van der Waals surface area (Å²) in [6, 6.07) is 5.57. The Balaban J connectivity index is 1.59. The molecule has 0 aliphatic heterocycles. The molecule has 0 fully saturated rings. The van der Waals surface area contributed by atoms with Crippen molar-refractivity contribution in [2.45, 2.75) is 25.0 Å². The van der Waals surface area contributed by atoms with Crippen LogP contribution in [-0.4, -0.2) is 44.3 Å². The molecule has 2 aromatic heterocycles. The monoisotopic (exact) mass is 483 g/mol. The number of carbonyl (C=O) groups excluding carboxylic acids is 1. The summed E-state index contributed by atoms with van der Waals surface area (Å²) in [6.45, 7) is 1.89. The van der Waals surface area contributed by atoms with Crippen LogP contribution in [0.5, 0.6) is 5.75 Å². The van der Waals surface area contributed by atoms with Gasteiger partial charge in [0.05, 0.1) is 41.2 Å². The van der Waals surface area contributed by atoms with E-state index < -0.39 is 17.5 Å². The zero-order chi connectivity index (χ0) is 24.3. The normalized spacial score (nSPS) is 19.1. The summed E-state index contributed by atoms with van der Waals surface area (Å²) in [4.78, 5) is 21.7. The van der Waals surface area contributed by atoms with Crippen LogP contribution in [0.3, 0.4) is 0 Å². The van der Waals surface area contributed by atoms with Crippen LogP contribution in [0.2, 0.25) is 5.02 Å². The molecular weight excluding hydrogens is 461 g/mol. The van der Waals surface area contributed by atoms with Crippen molar-refractivity contribution in [2.75, 3.05) is 12.4 Å². The minimum atomic E-state index is -0.883. The van der Waals surface area contributed by atoms with Crippen LogP contribution in [0.25, 0.3) is 5.82 Å². The van der Waals surface area contributed by atoms with Crippen molar-refractivity contribution in [3.8, 4) is 11.6 Å². The van der Waals surface area contributed by atoms with Gasteiger partial charge >= 0.3 is 0 Å². The molecule has 3 N–H and O–H groups in total. The Bertz CT molecular complexity index is 1280. The molecule has 2 unspecified atom stereocenters. The van der Waals surface area contributed by atoms with Crippen LogP contribution < -0.4 is 15.4 Å². The molecule has 8 nitrogen and oxygen atoms in total. The Morgan fingerprint density at radius 1 is 1.35 bits per heavy atom. The highest BCUT2D eigenvalue weighted by Gasteiger charge is 2.35. The number of allylic oxidation sites excluding steroid dienone is 2. The number of ether oxygens (including phenoxy) is 1. The molecule has 1 aliphatic rings. The highest BCUT2D eigenvalue weighted by atomic mass is 35.5. The zero-order valence-electron chi connectivity index (χ0n) is 18.5. The smallest absolute Gasteiger partial charge is 0.253 e. The molecular formula is C24H23ClFN5O3. The minimum absolute atomic E-state index is 0.180. The van der Waals surface area contributed by atoms with Crippen molar-refractivity contribution in [2.24, 2.45) is 0 Å². The highest BCUT2D eigenvalue weighted by molar-refractivity contribution is 6.33. The van der Waals surface area contributed by atoms with Gasteiger partial charge in [0.15, 0.2) is 11.6 Å². The van der Waals surface area contributed by atoms with E-state index in [4.69, 9.17) is 16.3 Å². The van der Waals surface area contributed by atoms with Crippen molar-refractivity contribution >= 4 is 29.1 Å². The third-order valence-electron chi connectivity index (χ3n) is 5.59. The predicted molar refractivity (Wildman–Crippen MR) is 127 cm³/mol. The molecule has 0 bridgehead atoms. The van der Waals surface area contributed by atoms with Crippen LogP contribution in [0.15, 0.2) is 67.2 Å². The number of nitrogens with one attached hydrogen (secondary N) is 2. The molecule has 2 heterocycles. The van der Waals surface area contributed by atoms with Crippen molar-refractivity contribution in [3.63, 3.8) is 0 Å². The molecule has 10 heteroatoms. The maximum Gasteiger partial charge on any atom is 0.253 e. The number of rotatable bonds is 7. The number of nitrogens with zero attached hydrogens (tertiary/aromatic N) is 3. The van der Waals surface area contributed by atoms with Crippen LogP contribution >= 0.6 is 11.6 Å². The molecule has 1 aliphatic carbocycles. The van der Waals surface area contributed by atoms with Crippen molar-refractivity contribution < 1.29 is 19.0 Å². The van der Waals surface area contributed by atoms with Gasteiger partial charge in [0, 0.05) is 12.4 Å². The lowest BCUT2D eigenvalue weighted by Crippen LogP contribution is -2.55. The minimum Gasteiger partial charge on any atom is -0.491 e. The lowest BCUT2D eigenvalue weighted by Gasteiger charge is -2.35. The van der Waals surface area contributed by atoms with Crippen LogP contribution in [-0.2, 0) is 0 Å². The summed E-state index contributed by atoms with van der Waals surface area (Å²) >= 11 is 6.09. The fourth-order valence-electron chi connectivity index (χ4n) is 3.61. The van der Waals surface area contributed by atoms with Gasteiger partial charge in [0.25, 0.3) is 5.91 Å². The van der Waals surface area contributed by atoms with Gasteiger partial charge in [-0.15, -0.1) is 0 Å². The van der Waals surface area contributed by atoms with E-state index >= 15 is 0 Å². The number of amides is 1. The topological polar surface area (TPSA) is 101 Å². The maximum atomic E-state index is 13.3. The predicted octanol–water partition coefficient (Wildman–Crippen LogP) is 4.18. The van der Waals surface area contributed by atoms with Crippen LogP contribution in [0.4, 0.5) is 16.0 Å². The van der Waals surface area contributed by atoms with Crippen molar-refractivity contribution in [3.05, 3.63) is 83.6 Å². The first-order chi connectivity index (χ1) is 16.3. The Labute approximate surface area is 200 Å². The quantitative estimate of drug-likeness (QED) is 0.466. The fraction of sp³-hybridized carbons (Fsp3) is 0.208. The summed E-state index contributed by atoms with van der Waals surface area (Å²) < 4.78 is 20.3. The van der Waals surface area contributed by atoms with Crippen molar-refractivity contribution in [1.29, 1.82) is 0 Å². The number of anilines is 2. The lowest BCUT2D eigenvalue weighted by atomic mass is 9.85. The van der Waals surface area contributed by atoms with Gasteiger partial charge in [-0.2, -0.15) is 4.98 Å². The van der Waals surface area contributed by atoms with E-state index in [2.05, 4.69) is 20.6 Å². The summed E-state index contributed by atoms with van der Waals surface area (Å²) in [5.41, 5.74) is -0.0732.